The summed E-state index contributed by atoms with van der Waals surface area (Å²) >= 11 is 0. The Balaban J connectivity index is 1.96. The van der Waals surface area contributed by atoms with Crippen LogP contribution in [0.2, 0.25) is 0 Å². The number of allylic oxidation sites excluding steroid dienone is 1. The van der Waals surface area contributed by atoms with Crippen molar-refractivity contribution in [3.05, 3.63) is 58.7 Å². The third kappa shape index (κ3) is 3.77. The molecule has 2 aromatic heterocycles. The van der Waals surface area contributed by atoms with Crippen molar-refractivity contribution in [2.75, 3.05) is 6.61 Å². The normalized spacial score (nSPS) is 11.8. The van der Waals surface area contributed by atoms with E-state index in [9.17, 15) is 4.79 Å². The largest absolute Gasteiger partial charge is 0.493 e. The second-order valence-corrected chi connectivity index (χ2v) is 6.60. The van der Waals surface area contributed by atoms with Gasteiger partial charge in [-0.15, -0.1) is 0 Å². The number of fused-ring (bicyclic) bond motifs is 1. The minimum absolute atomic E-state index is 0.177. The van der Waals surface area contributed by atoms with Crippen LogP contribution in [0.25, 0.3) is 16.5 Å². The van der Waals surface area contributed by atoms with Gasteiger partial charge in [-0.1, -0.05) is 0 Å². The first-order valence-corrected chi connectivity index (χ1v) is 9.07. The molecule has 0 saturated carbocycles. The second-order valence-electron chi connectivity index (χ2n) is 6.60. The number of hydrogen-bond acceptors (Lipinski definition) is 4. The smallest absolute Gasteiger partial charge is 0.244 e. The lowest BCUT2D eigenvalue weighted by Gasteiger charge is -2.14. The number of amides is 1. The topological polar surface area (TPSA) is 64.6 Å². The third-order valence-electron chi connectivity index (χ3n) is 4.72. The standard InChI is InChI=1S/C22H25NO4/c1-6-25-21-15(4)22-19(14(3)16(5)27-22)11-18(21)13(2)10-20(24)23-12-17-8-7-9-26-17/h7-11H,6,12H2,1-5H3,(H,23,24)/b13-10+. The van der Waals surface area contributed by atoms with Crippen LogP contribution in [-0.2, 0) is 11.3 Å². The number of benzene rings is 1. The van der Waals surface area contributed by atoms with Gasteiger partial charge in [-0.3, -0.25) is 4.79 Å². The molecule has 0 bridgehead atoms. The van der Waals surface area contributed by atoms with E-state index >= 15 is 0 Å². The van der Waals surface area contributed by atoms with Gasteiger partial charge in [0.15, 0.2) is 0 Å². The number of nitrogens with one attached hydrogen (secondary N) is 1. The molecule has 142 valence electrons. The Hall–Kier alpha value is -2.95. The predicted molar refractivity (Wildman–Crippen MR) is 106 cm³/mol. The number of furan rings is 2. The molecule has 0 spiro atoms. The number of rotatable bonds is 6. The lowest BCUT2D eigenvalue weighted by Crippen LogP contribution is -2.20. The van der Waals surface area contributed by atoms with Gasteiger partial charge in [0, 0.05) is 22.6 Å². The van der Waals surface area contributed by atoms with Crippen molar-refractivity contribution in [3.8, 4) is 5.75 Å². The van der Waals surface area contributed by atoms with Crippen LogP contribution in [0.15, 0.2) is 39.4 Å². The zero-order valence-corrected chi connectivity index (χ0v) is 16.4. The van der Waals surface area contributed by atoms with Crippen LogP contribution < -0.4 is 10.1 Å². The van der Waals surface area contributed by atoms with Gasteiger partial charge in [-0.2, -0.15) is 0 Å². The Morgan fingerprint density at radius 3 is 2.70 bits per heavy atom. The van der Waals surface area contributed by atoms with E-state index in [4.69, 9.17) is 13.6 Å². The van der Waals surface area contributed by atoms with Crippen molar-refractivity contribution >= 4 is 22.4 Å². The summed E-state index contributed by atoms with van der Waals surface area (Å²) in [6.45, 7) is 10.7. The minimum Gasteiger partial charge on any atom is -0.493 e. The lowest BCUT2D eigenvalue weighted by molar-refractivity contribution is -0.116. The maximum Gasteiger partial charge on any atom is 0.244 e. The van der Waals surface area contributed by atoms with E-state index in [0.29, 0.717) is 18.9 Å². The molecule has 1 N–H and O–H groups in total. The first kappa shape index (κ1) is 18.8. The van der Waals surface area contributed by atoms with Crippen LogP contribution >= 0.6 is 0 Å². The molecular weight excluding hydrogens is 342 g/mol. The molecule has 0 saturated heterocycles. The first-order valence-electron chi connectivity index (χ1n) is 9.07. The van der Waals surface area contributed by atoms with Crippen molar-refractivity contribution in [3.63, 3.8) is 0 Å². The van der Waals surface area contributed by atoms with E-state index in [1.807, 2.05) is 46.8 Å². The predicted octanol–water partition coefficient (Wildman–Crippen LogP) is 5.07. The Morgan fingerprint density at radius 1 is 1.26 bits per heavy atom. The zero-order chi connectivity index (χ0) is 19.6. The Morgan fingerprint density at radius 2 is 2.04 bits per heavy atom. The van der Waals surface area contributed by atoms with Crippen LogP contribution in [0, 0.1) is 20.8 Å². The molecule has 5 nitrogen and oxygen atoms in total. The van der Waals surface area contributed by atoms with Crippen LogP contribution in [0.4, 0.5) is 0 Å². The van der Waals surface area contributed by atoms with Gasteiger partial charge in [0.2, 0.25) is 5.91 Å². The fourth-order valence-corrected chi connectivity index (χ4v) is 3.15. The molecule has 0 aliphatic carbocycles. The summed E-state index contributed by atoms with van der Waals surface area (Å²) in [6.07, 6.45) is 3.18. The quantitative estimate of drug-likeness (QED) is 0.618. The molecule has 27 heavy (non-hydrogen) atoms. The number of carbonyl (C=O) groups is 1. The maximum absolute atomic E-state index is 12.3. The van der Waals surface area contributed by atoms with Crippen LogP contribution in [0.5, 0.6) is 5.75 Å². The van der Waals surface area contributed by atoms with E-state index in [1.54, 1.807) is 18.4 Å². The van der Waals surface area contributed by atoms with Gasteiger partial charge in [0.25, 0.3) is 0 Å². The average molecular weight is 367 g/mol. The highest BCUT2D eigenvalue weighted by Crippen LogP contribution is 2.38. The minimum atomic E-state index is -0.177. The first-order chi connectivity index (χ1) is 12.9. The third-order valence-corrected chi connectivity index (χ3v) is 4.72. The molecule has 0 aliphatic heterocycles. The number of carbonyl (C=O) groups excluding carboxylic acids is 1. The van der Waals surface area contributed by atoms with Crippen LogP contribution in [0.1, 0.15) is 42.1 Å². The van der Waals surface area contributed by atoms with E-state index in [1.165, 1.54) is 0 Å². The number of hydrogen-bond donors (Lipinski definition) is 1. The van der Waals surface area contributed by atoms with E-state index in [2.05, 4.69) is 5.32 Å². The lowest BCUT2D eigenvalue weighted by atomic mass is 9.98. The van der Waals surface area contributed by atoms with Gasteiger partial charge in [0.05, 0.1) is 19.4 Å². The average Bonchev–Trinajstić information content (AvgIpc) is 3.25. The van der Waals surface area contributed by atoms with Crippen molar-refractivity contribution < 1.29 is 18.4 Å². The molecule has 1 aromatic carbocycles. The van der Waals surface area contributed by atoms with Crippen molar-refractivity contribution in [1.29, 1.82) is 0 Å². The van der Waals surface area contributed by atoms with E-state index < -0.39 is 0 Å². The highest BCUT2D eigenvalue weighted by atomic mass is 16.5. The molecule has 1 amide bonds. The van der Waals surface area contributed by atoms with Gasteiger partial charge in [-0.25, -0.2) is 0 Å². The number of aryl methyl sites for hydroxylation is 3. The SMILES string of the molecule is CCOc1c(/C(C)=C/C(=O)NCc2ccco2)cc2c(C)c(C)oc2c1C. The summed E-state index contributed by atoms with van der Waals surface area (Å²) in [5, 5.41) is 3.88. The van der Waals surface area contributed by atoms with Crippen molar-refractivity contribution in [2.24, 2.45) is 0 Å². The summed E-state index contributed by atoms with van der Waals surface area (Å²) in [7, 11) is 0. The van der Waals surface area contributed by atoms with Crippen LogP contribution in [0.3, 0.4) is 0 Å². The molecule has 3 rings (SSSR count). The highest BCUT2D eigenvalue weighted by Gasteiger charge is 2.18. The zero-order valence-electron chi connectivity index (χ0n) is 16.4. The molecule has 2 heterocycles. The monoisotopic (exact) mass is 367 g/mol. The second kappa shape index (κ2) is 7.74. The molecule has 0 atom stereocenters. The van der Waals surface area contributed by atoms with Crippen molar-refractivity contribution in [1.82, 2.24) is 5.32 Å². The van der Waals surface area contributed by atoms with Gasteiger partial charge in [0.1, 0.15) is 22.9 Å². The summed E-state index contributed by atoms with van der Waals surface area (Å²) in [5.74, 6) is 2.19. The Kier molecular flexibility index (Phi) is 5.40. The van der Waals surface area contributed by atoms with Crippen LogP contribution in [-0.4, -0.2) is 12.5 Å². The molecular formula is C22H25NO4. The maximum atomic E-state index is 12.3. The van der Waals surface area contributed by atoms with Gasteiger partial charge in [-0.05, 0) is 64.0 Å². The molecule has 3 aromatic rings. The number of ether oxygens (including phenoxy) is 1. The molecule has 0 unspecified atom stereocenters. The van der Waals surface area contributed by atoms with Gasteiger partial charge < -0.3 is 18.9 Å². The summed E-state index contributed by atoms with van der Waals surface area (Å²) in [5.41, 5.74) is 4.63. The summed E-state index contributed by atoms with van der Waals surface area (Å²) < 4.78 is 17.1. The highest BCUT2D eigenvalue weighted by molar-refractivity contribution is 5.98. The fourth-order valence-electron chi connectivity index (χ4n) is 3.15. The molecule has 0 fully saturated rings. The Labute approximate surface area is 159 Å². The Bertz CT molecular complexity index is 993. The van der Waals surface area contributed by atoms with E-state index in [0.717, 1.165) is 44.7 Å². The molecule has 0 aliphatic rings. The molecule has 0 radical (unpaired) electrons. The molecule has 5 heteroatoms. The van der Waals surface area contributed by atoms with Crippen molar-refractivity contribution in [2.45, 2.75) is 41.2 Å². The summed E-state index contributed by atoms with van der Waals surface area (Å²) in [6, 6.07) is 5.67. The summed E-state index contributed by atoms with van der Waals surface area (Å²) in [4.78, 5) is 12.3. The van der Waals surface area contributed by atoms with Gasteiger partial charge >= 0.3 is 0 Å². The fraction of sp³-hybridized carbons (Fsp3) is 0.318. The van der Waals surface area contributed by atoms with E-state index in [-0.39, 0.29) is 5.91 Å².